The van der Waals surface area contributed by atoms with Crippen molar-refractivity contribution in [2.24, 2.45) is 0 Å². The van der Waals surface area contributed by atoms with Crippen LogP contribution in [0.2, 0.25) is 10.0 Å². The molecule has 0 saturated heterocycles. The molecule has 0 spiro atoms. The molecule has 1 atom stereocenters. The summed E-state index contributed by atoms with van der Waals surface area (Å²) < 4.78 is 14.6. The molecule has 1 aliphatic rings. The van der Waals surface area contributed by atoms with Gasteiger partial charge in [-0.05, 0) is 12.5 Å². The number of carbonyl (C=O) groups is 1. The smallest absolute Gasteiger partial charge is 0.227 e. The molecule has 0 aliphatic carbocycles. The number of amides is 1. The fourth-order valence-electron chi connectivity index (χ4n) is 3.03. The minimum absolute atomic E-state index is 0.0920. The van der Waals surface area contributed by atoms with Gasteiger partial charge in [0.05, 0.1) is 33.8 Å². The van der Waals surface area contributed by atoms with Crippen molar-refractivity contribution in [1.82, 2.24) is 10.3 Å². The van der Waals surface area contributed by atoms with Crippen molar-refractivity contribution in [2.45, 2.75) is 19.3 Å². The minimum Gasteiger partial charge on any atom is -0.395 e. The number of aliphatic hydroxyl groups is 1. The molecule has 124 valence electrons. The summed E-state index contributed by atoms with van der Waals surface area (Å²) in [6.45, 7) is 2.26. The van der Waals surface area contributed by atoms with Crippen molar-refractivity contribution >= 4 is 45.7 Å². The summed E-state index contributed by atoms with van der Waals surface area (Å²) in [5.74, 6) is -1.26. The second-order valence-corrected chi connectivity index (χ2v) is 6.25. The first-order valence-electron chi connectivity index (χ1n) is 7.30. The summed E-state index contributed by atoms with van der Waals surface area (Å²) in [6, 6.07) is 0. The van der Waals surface area contributed by atoms with Gasteiger partial charge in [-0.15, -0.1) is 0 Å². The number of anilines is 1. The number of nitrogens with one attached hydrogen (secondary N) is 3. The maximum atomic E-state index is 14.6. The van der Waals surface area contributed by atoms with Crippen LogP contribution in [0.5, 0.6) is 0 Å². The fraction of sp³-hybridized carbons (Fsp3) is 0.400. The molecule has 1 aromatic heterocycles. The summed E-state index contributed by atoms with van der Waals surface area (Å²) in [6.07, 6.45) is 0.592. The van der Waals surface area contributed by atoms with Gasteiger partial charge in [0.25, 0.3) is 0 Å². The number of aromatic nitrogens is 1. The average Bonchev–Trinajstić information content (AvgIpc) is 2.85. The van der Waals surface area contributed by atoms with Crippen LogP contribution < -0.4 is 10.6 Å². The number of H-pyrrole nitrogens is 1. The number of aliphatic hydroxyl groups excluding tert-OH is 1. The molecule has 3 rings (SSSR count). The second kappa shape index (κ2) is 6.19. The van der Waals surface area contributed by atoms with Gasteiger partial charge in [-0.25, -0.2) is 4.39 Å². The summed E-state index contributed by atoms with van der Waals surface area (Å²) in [5, 5.41) is 15.1. The Bertz CT molecular complexity index is 791. The normalized spacial score (nSPS) is 17.8. The molecule has 2 aromatic rings. The van der Waals surface area contributed by atoms with Gasteiger partial charge in [0.1, 0.15) is 0 Å². The molecule has 0 saturated carbocycles. The summed E-state index contributed by atoms with van der Waals surface area (Å²) in [4.78, 5) is 15.3. The number of hydrogen-bond acceptors (Lipinski definition) is 3. The highest BCUT2D eigenvalue weighted by Crippen LogP contribution is 2.44. The number of hydrogen-bond donors (Lipinski definition) is 4. The first kappa shape index (κ1) is 16.4. The first-order valence-corrected chi connectivity index (χ1v) is 8.06. The van der Waals surface area contributed by atoms with E-state index in [1.54, 1.807) is 6.92 Å². The predicted molar refractivity (Wildman–Crippen MR) is 89.0 cm³/mol. The van der Waals surface area contributed by atoms with Crippen molar-refractivity contribution in [3.63, 3.8) is 0 Å². The molecule has 2 heterocycles. The molecule has 1 aliphatic heterocycles. The maximum Gasteiger partial charge on any atom is 0.227 e. The lowest BCUT2D eigenvalue weighted by molar-refractivity contribution is -0.121. The molecule has 1 amide bonds. The number of rotatable bonds is 3. The third kappa shape index (κ3) is 2.55. The summed E-state index contributed by atoms with van der Waals surface area (Å²) >= 11 is 12.2. The number of benzene rings is 1. The third-order valence-electron chi connectivity index (χ3n) is 4.11. The number of halogens is 3. The van der Waals surface area contributed by atoms with Crippen LogP contribution in [-0.2, 0) is 11.2 Å². The lowest BCUT2D eigenvalue weighted by Gasteiger charge is -2.14. The lowest BCUT2D eigenvalue weighted by atomic mass is 9.96. The molecule has 1 aromatic carbocycles. The van der Waals surface area contributed by atoms with Gasteiger partial charge in [-0.2, -0.15) is 0 Å². The van der Waals surface area contributed by atoms with Crippen LogP contribution in [0.4, 0.5) is 10.1 Å². The largest absolute Gasteiger partial charge is 0.395 e. The van der Waals surface area contributed by atoms with E-state index in [0.29, 0.717) is 29.4 Å². The van der Waals surface area contributed by atoms with Crippen molar-refractivity contribution in [1.29, 1.82) is 0 Å². The molecule has 4 N–H and O–H groups in total. The molecule has 0 fully saturated rings. The highest BCUT2D eigenvalue weighted by molar-refractivity contribution is 6.46. The van der Waals surface area contributed by atoms with E-state index >= 15 is 0 Å². The molecular weight excluding hydrogens is 344 g/mol. The van der Waals surface area contributed by atoms with E-state index in [9.17, 15) is 9.18 Å². The molecule has 1 unspecified atom stereocenters. The standard InChI is InChI=1S/C15H16Cl2FN3O2/c1-6-8-7(2-3-20-15(6)23)21-13-9(8)14(19-4-5-22)12(18)10(16)11(13)17/h6,19,21-22H,2-5H2,1H3,(H,20,23). The van der Waals surface area contributed by atoms with E-state index in [2.05, 4.69) is 15.6 Å². The Morgan fingerprint density at radius 3 is 2.83 bits per heavy atom. The van der Waals surface area contributed by atoms with Crippen LogP contribution in [0.15, 0.2) is 0 Å². The molecule has 0 radical (unpaired) electrons. The van der Waals surface area contributed by atoms with E-state index < -0.39 is 11.7 Å². The average molecular weight is 360 g/mol. The van der Waals surface area contributed by atoms with E-state index in [0.717, 1.165) is 5.69 Å². The summed E-state index contributed by atoms with van der Waals surface area (Å²) in [5.41, 5.74) is 2.21. The SMILES string of the molecule is CC1C(=O)NCCc2[nH]c3c(Cl)c(Cl)c(F)c(NCCO)c3c21. The Balaban J connectivity index is 2.36. The van der Waals surface area contributed by atoms with Gasteiger partial charge in [-0.1, -0.05) is 23.2 Å². The zero-order valence-corrected chi connectivity index (χ0v) is 13.9. The molecule has 5 nitrogen and oxygen atoms in total. The molecular formula is C15H16Cl2FN3O2. The first-order chi connectivity index (χ1) is 11.0. The van der Waals surface area contributed by atoms with Crippen LogP contribution in [0.1, 0.15) is 24.1 Å². The zero-order chi connectivity index (χ0) is 16.7. The summed E-state index contributed by atoms with van der Waals surface area (Å²) in [7, 11) is 0. The van der Waals surface area contributed by atoms with Crippen LogP contribution in [-0.4, -0.2) is 35.7 Å². The van der Waals surface area contributed by atoms with Crippen molar-refractivity contribution in [2.75, 3.05) is 25.0 Å². The monoisotopic (exact) mass is 359 g/mol. The van der Waals surface area contributed by atoms with Crippen LogP contribution in [0.25, 0.3) is 10.9 Å². The van der Waals surface area contributed by atoms with Gasteiger partial charge < -0.3 is 20.7 Å². The van der Waals surface area contributed by atoms with E-state index in [4.69, 9.17) is 28.3 Å². The fourth-order valence-corrected chi connectivity index (χ4v) is 3.45. The zero-order valence-electron chi connectivity index (χ0n) is 12.4. The van der Waals surface area contributed by atoms with Gasteiger partial charge in [0, 0.05) is 30.6 Å². The van der Waals surface area contributed by atoms with Gasteiger partial charge in [-0.3, -0.25) is 4.79 Å². The Kier molecular flexibility index (Phi) is 4.40. The highest BCUT2D eigenvalue weighted by atomic mass is 35.5. The maximum absolute atomic E-state index is 14.6. The predicted octanol–water partition coefficient (Wildman–Crippen LogP) is 2.79. The van der Waals surface area contributed by atoms with Gasteiger partial charge >= 0.3 is 0 Å². The highest BCUT2D eigenvalue weighted by Gasteiger charge is 2.30. The van der Waals surface area contributed by atoms with Crippen LogP contribution >= 0.6 is 23.2 Å². The quantitative estimate of drug-likeness (QED) is 0.636. The molecule has 0 bridgehead atoms. The topological polar surface area (TPSA) is 77.2 Å². The Labute approximate surface area is 142 Å². The second-order valence-electron chi connectivity index (χ2n) is 5.50. The Morgan fingerprint density at radius 2 is 2.13 bits per heavy atom. The van der Waals surface area contributed by atoms with Gasteiger partial charge in [0.2, 0.25) is 5.91 Å². The van der Waals surface area contributed by atoms with Crippen molar-refractivity contribution in [3.05, 3.63) is 27.1 Å². The molecule has 23 heavy (non-hydrogen) atoms. The van der Waals surface area contributed by atoms with E-state index in [1.165, 1.54) is 0 Å². The lowest BCUT2D eigenvalue weighted by Crippen LogP contribution is -2.27. The minimum atomic E-state index is -0.684. The number of fused-ring (bicyclic) bond motifs is 3. The van der Waals surface area contributed by atoms with Crippen LogP contribution in [0.3, 0.4) is 0 Å². The number of aromatic amines is 1. The van der Waals surface area contributed by atoms with Crippen molar-refractivity contribution < 1.29 is 14.3 Å². The Morgan fingerprint density at radius 1 is 1.39 bits per heavy atom. The molecule has 8 heteroatoms. The van der Waals surface area contributed by atoms with Crippen molar-refractivity contribution in [3.8, 4) is 0 Å². The van der Waals surface area contributed by atoms with E-state index in [1.807, 2.05) is 0 Å². The Hall–Kier alpha value is -1.50. The van der Waals surface area contributed by atoms with Crippen LogP contribution in [0, 0.1) is 5.82 Å². The van der Waals surface area contributed by atoms with Gasteiger partial charge in [0.15, 0.2) is 5.82 Å². The van der Waals surface area contributed by atoms with E-state index in [-0.39, 0.29) is 34.8 Å². The number of carbonyl (C=O) groups excluding carboxylic acids is 1. The third-order valence-corrected chi connectivity index (χ3v) is 4.94.